The Morgan fingerprint density at radius 1 is 1.12 bits per heavy atom. The van der Waals surface area contributed by atoms with E-state index in [1.54, 1.807) is 43.1 Å². The summed E-state index contributed by atoms with van der Waals surface area (Å²) in [6.07, 6.45) is 0.831. The summed E-state index contributed by atoms with van der Waals surface area (Å²) >= 11 is 5.79. The van der Waals surface area contributed by atoms with Crippen LogP contribution < -0.4 is 16.0 Å². The summed E-state index contributed by atoms with van der Waals surface area (Å²) in [5.41, 5.74) is 0.633. The lowest BCUT2D eigenvalue weighted by molar-refractivity contribution is -0.129. The predicted octanol–water partition coefficient (Wildman–Crippen LogP) is 1.24. The smallest absolute Gasteiger partial charge is 0.242 e. The van der Waals surface area contributed by atoms with Crippen molar-refractivity contribution in [1.82, 2.24) is 15.5 Å². The molecule has 3 N–H and O–H groups in total. The quantitative estimate of drug-likeness (QED) is 0.611. The van der Waals surface area contributed by atoms with Crippen molar-refractivity contribution < 1.29 is 14.4 Å². The van der Waals surface area contributed by atoms with E-state index >= 15 is 0 Å². The van der Waals surface area contributed by atoms with Crippen molar-refractivity contribution in [2.24, 2.45) is 0 Å². The molecule has 0 aromatic heterocycles. The Bertz CT molecular complexity index is 592. The number of rotatable bonds is 9. The lowest BCUT2D eigenvalue weighted by Crippen LogP contribution is -2.48. The van der Waals surface area contributed by atoms with E-state index < -0.39 is 6.04 Å². The second-order valence-corrected chi connectivity index (χ2v) is 6.24. The fraction of sp³-hybridized carbons (Fsp3) is 0.471. The molecule has 7 nitrogen and oxygen atoms in total. The molecule has 0 saturated heterocycles. The highest BCUT2D eigenvalue weighted by molar-refractivity contribution is 6.30. The van der Waals surface area contributed by atoms with Gasteiger partial charge >= 0.3 is 0 Å². The molecule has 1 aromatic rings. The second-order valence-electron chi connectivity index (χ2n) is 5.81. The third-order valence-corrected chi connectivity index (χ3v) is 3.53. The molecule has 0 radical (unpaired) electrons. The Kier molecular flexibility index (Phi) is 8.94. The highest BCUT2D eigenvalue weighted by Crippen LogP contribution is 2.13. The topological polar surface area (TPSA) is 90.5 Å². The van der Waals surface area contributed by atoms with E-state index in [-0.39, 0.29) is 30.8 Å². The molecule has 3 amide bonds. The Labute approximate surface area is 153 Å². The van der Waals surface area contributed by atoms with Crippen molar-refractivity contribution in [3.8, 4) is 0 Å². The van der Waals surface area contributed by atoms with Crippen LogP contribution in [0.1, 0.15) is 20.3 Å². The van der Waals surface area contributed by atoms with Crippen LogP contribution in [0.3, 0.4) is 0 Å². The summed E-state index contributed by atoms with van der Waals surface area (Å²) in [5, 5.41) is 8.63. The lowest BCUT2D eigenvalue weighted by Gasteiger charge is -2.18. The SMILES string of the molecule is CCCNC(=O)[C@H](C)NC(=O)CN(C)CC(=O)Nc1ccc(Cl)cc1. The van der Waals surface area contributed by atoms with Gasteiger partial charge in [0.1, 0.15) is 6.04 Å². The number of halogens is 1. The average Bonchev–Trinajstić information content (AvgIpc) is 2.54. The highest BCUT2D eigenvalue weighted by atomic mass is 35.5. The highest BCUT2D eigenvalue weighted by Gasteiger charge is 2.17. The van der Waals surface area contributed by atoms with Crippen LogP contribution in [0.2, 0.25) is 5.02 Å². The number of benzene rings is 1. The zero-order valence-corrected chi connectivity index (χ0v) is 15.5. The van der Waals surface area contributed by atoms with Crippen molar-refractivity contribution >= 4 is 35.0 Å². The van der Waals surface area contributed by atoms with Gasteiger partial charge in [-0.15, -0.1) is 0 Å². The van der Waals surface area contributed by atoms with Crippen molar-refractivity contribution in [3.05, 3.63) is 29.3 Å². The molecule has 1 atom stereocenters. The van der Waals surface area contributed by atoms with Gasteiger partial charge in [0.15, 0.2) is 0 Å². The minimum Gasteiger partial charge on any atom is -0.354 e. The number of hydrogen-bond donors (Lipinski definition) is 3. The second kappa shape index (κ2) is 10.7. The summed E-state index contributed by atoms with van der Waals surface area (Å²) in [4.78, 5) is 37.2. The predicted molar refractivity (Wildman–Crippen MR) is 98.5 cm³/mol. The van der Waals surface area contributed by atoms with Crippen molar-refractivity contribution in [2.45, 2.75) is 26.3 Å². The number of anilines is 1. The minimum absolute atomic E-state index is 0.0133. The average molecular weight is 369 g/mol. The first-order chi connectivity index (χ1) is 11.8. The van der Waals surface area contributed by atoms with Gasteiger partial charge in [-0.25, -0.2) is 0 Å². The zero-order chi connectivity index (χ0) is 18.8. The van der Waals surface area contributed by atoms with Crippen LogP contribution in [0.5, 0.6) is 0 Å². The molecule has 0 bridgehead atoms. The van der Waals surface area contributed by atoms with E-state index in [0.717, 1.165) is 6.42 Å². The number of hydrogen-bond acceptors (Lipinski definition) is 4. The van der Waals surface area contributed by atoms with Gasteiger partial charge < -0.3 is 16.0 Å². The van der Waals surface area contributed by atoms with Crippen LogP contribution in [-0.4, -0.2) is 55.3 Å². The molecule has 1 aromatic carbocycles. The molecule has 0 aliphatic rings. The molecule has 0 saturated carbocycles. The molecule has 0 spiro atoms. The van der Waals surface area contributed by atoms with E-state index in [4.69, 9.17) is 11.6 Å². The van der Waals surface area contributed by atoms with E-state index in [0.29, 0.717) is 17.3 Å². The third kappa shape index (κ3) is 8.51. The number of likely N-dealkylation sites (N-methyl/N-ethyl adjacent to an activating group) is 1. The molecule has 8 heteroatoms. The van der Waals surface area contributed by atoms with Gasteiger partial charge in [0.2, 0.25) is 17.7 Å². The fourth-order valence-corrected chi connectivity index (χ4v) is 2.16. The van der Waals surface area contributed by atoms with Crippen LogP contribution >= 0.6 is 11.6 Å². The Morgan fingerprint density at radius 3 is 2.32 bits per heavy atom. The van der Waals surface area contributed by atoms with E-state index in [1.807, 2.05) is 6.92 Å². The molecular formula is C17H25ClN4O3. The van der Waals surface area contributed by atoms with Crippen molar-refractivity contribution in [1.29, 1.82) is 0 Å². The van der Waals surface area contributed by atoms with Gasteiger partial charge in [-0.3, -0.25) is 19.3 Å². The largest absolute Gasteiger partial charge is 0.354 e. The molecule has 0 aliphatic heterocycles. The fourth-order valence-electron chi connectivity index (χ4n) is 2.03. The Hall–Kier alpha value is -2.12. The molecule has 25 heavy (non-hydrogen) atoms. The maximum Gasteiger partial charge on any atom is 0.242 e. The summed E-state index contributed by atoms with van der Waals surface area (Å²) in [7, 11) is 1.66. The lowest BCUT2D eigenvalue weighted by atomic mass is 10.3. The first kappa shape index (κ1) is 20.9. The van der Waals surface area contributed by atoms with Gasteiger partial charge in [0, 0.05) is 17.3 Å². The van der Waals surface area contributed by atoms with Gasteiger partial charge in [-0.05, 0) is 44.7 Å². The summed E-state index contributed by atoms with van der Waals surface area (Å²) in [6.45, 7) is 4.21. The monoisotopic (exact) mass is 368 g/mol. The van der Waals surface area contributed by atoms with Gasteiger partial charge in [-0.1, -0.05) is 18.5 Å². The van der Waals surface area contributed by atoms with Crippen LogP contribution in [0.4, 0.5) is 5.69 Å². The van der Waals surface area contributed by atoms with Crippen molar-refractivity contribution in [3.63, 3.8) is 0 Å². The summed E-state index contributed by atoms with van der Waals surface area (Å²) < 4.78 is 0. The van der Waals surface area contributed by atoms with Crippen LogP contribution in [0.15, 0.2) is 24.3 Å². The molecule has 1 rings (SSSR count). The number of carbonyl (C=O) groups excluding carboxylic acids is 3. The molecule has 0 unspecified atom stereocenters. The van der Waals surface area contributed by atoms with E-state index in [1.165, 1.54) is 0 Å². The summed E-state index contributed by atoms with van der Waals surface area (Å²) in [5.74, 6) is -0.786. The van der Waals surface area contributed by atoms with Gasteiger partial charge in [0.25, 0.3) is 0 Å². The molecule has 138 valence electrons. The normalized spacial score (nSPS) is 11.7. The van der Waals surface area contributed by atoms with Crippen LogP contribution in [0.25, 0.3) is 0 Å². The standard InChI is InChI=1S/C17H25ClN4O3/c1-4-9-19-17(25)12(2)20-15(23)10-22(3)11-16(24)21-14-7-5-13(18)6-8-14/h5-8,12H,4,9-11H2,1-3H3,(H,19,25)(H,20,23)(H,21,24)/t12-/m0/s1. The first-order valence-electron chi connectivity index (χ1n) is 8.12. The van der Waals surface area contributed by atoms with Crippen LogP contribution in [0, 0.1) is 0 Å². The maximum atomic E-state index is 12.0. The first-order valence-corrected chi connectivity index (χ1v) is 8.50. The van der Waals surface area contributed by atoms with E-state index in [2.05, 4.69) is 16.0 Å². The van der Waals surface area contributed by atoms with Gasteiger partial charge in [0.05, 0.1) is 13.1 Å². The number of amides is 3. The molecular weight excluding hydrogens is 344 g/mol. The van der Waals surface area contributed by atoms with Crippen molar-refractivity contribution in [2.75, 3.05) is 32.0 Å². The molecule has 0 aliphatic carbocycles. The number of nitrogens with zero attached hydrogens (tertiary/aromatic N) is 1. The Balaban J connectivity index is 2.35. The zero-order valence-electron chi connectivity index (χ0n) is 14.8. The number of carbonyl (C=O) groups is 3. The van der Waals surface area contributed by atoms with Gasteiger partial charge in [-0.2, -0.15) is 0 Å². The van der Waals surface area contributed by atoms with E-state index in [9.17, 15) is 14.4 Å². The Morgan fingerprint density at radius 2 is 1.72 bits per heavy atom. The maximum absolute atomic E-state index is 12.0. The summed E-state index contributed by atoms with van der Waals surface area (Å²) in [6, 6.07) is 6.14. The third-order valence-electron chi connectivity index (χ3n) is 3.28. The van der Waals surface area contributed by atoms with Crippen LogP contribution in [-0.2, 0) is 14.4 Å². The number of nitrogens with one attached hydrogen (secondary N) is 3. The molecule has 0 fully saturated rings. The minimum atomic E-state index is -0.615. The molecule has 0 heterocycles.